The van der Waals surface area contributed by atoms with Crippen LogP contribution in [0, 0.1) is 12.3 Å². The molecule has 0 amide bonds. The number of ether oxygens (including phenoxy) is 1. The van der Waals surface area contributed by atoms with Crippen LogP contribution in [0.25, 0.3) is 0 Å². The van der Waals surface area contributed by atoms with Gasteiger partial charge in [-0.15, -0.1) is 17.8 Å². The summed E-state index contributed by atoms with van der Waals surface area (Å²) >= 11 is 0.820. The topological polar surface area (TPSA) is 85.4 Å². The minimum Gasteiger partial charge on any atom is -0.464 e. The Labute approximate surface area is 109 Å². The molecule has 0 radical (unpaired) electrons. The first-order valence-corrected chi connectivity index (χ1v) is 7.13. The minimum absolute atomic E-state index is 0.210. The van der Waals surface area contributed by atoms with Gasteiger partial charge in [-0.1, -0.05) is 5.92 Å². The second-order valence-corrected chi connectivity index (χ2v) is 6.59. The number of carbonyl (C=O) groups excluding carboxylic acids is 1. The average molecular weight is 288 g/mol. The molecule has 18 heavy (non-hydrogen) atoms. The van der Waals surface area contributed by atoms with E-state index in [4.69, 9.17) is 6.42 Å². The van der Waals surface area contributed by atoms with E-state index in [9.17, 15) is 13.2 Å². The van der Waals surface area contributed by atoms with Crippen molar-refractivity contribution < 1.29 is 17.9 Å². The van der Waals surface area contributed by atoms with Crippen molar-refractivity contribution in [2.75, 3.05) is 7.11 Å². The summed E-state index contributed by atoms with van der Waals surface area (Å²) in [7, 11) is -2.76. The molecule has 0 aliphatic carbocycles. The summed E-state index contributed by atoms with van der Waals surface area (Å²) in [6.07, 6.45) is 5.21. The molecule has 1 rings (SSSR count). The van der Waals surface area contributed by atoms with Crippen LogP contribution in [0.2, 0.25) is 0 Å². The van der Waals surface area contributed by atoms with Gasteiger partial charge in [0, 0.05) is 0 Å². The fourth-order valence-corrected chi connectivity index (χ4v) is 3.55. The first kappa shape index (κ1) is 14.6. The number of sulfonamides is 1. The van der Waals surface area contributed by atoms with Crippen molar-refractivity contribution in [3.63, 3.8) is 0 Å². The normalized spacial score (nSPS) is 11.9. The molecule has 0 aliphatic rings. The van der Waals surface area contributed by atoms with Gasteiger partial charge in [-0.05, 0) is 13.8 Å². The Morgan fingerprint density at radius 1 is 1.61 bits per heavy atom. The van der Waals surface area contributed by atoms with Gasteiger partial charge in [0.2, 0.25) is 0 Å². The lowest BCUT2D eigenvalue weighted by Crippen LogP contribution is -2.42. The second-order valence-electron chi connectivity index (χ2n) is 3.85. The molecule has 0 aromatic carbocycles. The Hall–Kier alpha value is -1.43. The molecule has 0 aliphatic heterocycles. The number of hydrogen-bond donors (Lipinski definition) is 1. The summed E-state index contributed by atoms with van der Waals surface area (Å²) in [4.78, 5) is 15.0. The standard InChI is InChI=1S/C10H12N2O4S2/c1-5-10(2,3)12-18(14,15)9-7(8(13)16-4)11-6-17-9/h1,6,12H,2-4H3. The molecule has 0 fully saturated rings. The van der Waals surface area contributed by atoms with Gasteiger partial charge in [0.05, 0.1) is 18.2 Å². The smallest absolute Gasteiger partial charge is 0.358 e. The number of nitrogens with one attached hydrogen (secondary N) is 1. The highest BCUT2D eigenvalue weighted by Gasteiger charge is 2.30. The van der Waals surface area contributed by atoms with E-state index in [-0.39, 0.29) is 9.90 Å². The summed E-state index contributed by atoms with van der Waals surface area (Å²) in [5, 5.41) is 0. The third-order valence-electron chi connectivity index (χ3n) is 1.91. The number of nitrogens with zero attached hydrogens (tertiary/aromatic N) is 1. The van der Waals surface area contributed by atoms with Crippen molar-refractivity contribution in [2.45, 2.75) is 23.6 Å². The number of carbonyl (C=O) groups is 1. The zero-order valence-corrected chi connectivity index (χ0v) is 11.7. The van der Waals surface area contributed by atoms with Crippen LogP contribution in [-0.4, -0.2) is 32.0 Å². The van der Waals surface area contributed by atoms with Gasteiger partial charge in [-0.3, -0.25) is 0 Å². The molecular formula is C10H12N2O4S2. The molecule has 0 saturated heterocycles. The molecule has 1 aromatic heterocycles. The van der Waals surface area contributed by atoms with E-state index >= 15 is 0 Å². The van der Waals surface area contributed by atoms with Crippen molar-refractivity contribution in [3.05, 3.63) is 11.2 Å². The van der Waals surface area contributed by atoms with Crippen molar-refractivity contribution in [1.82, 2.24) is 9.71 Å². The quantitative estimate of drug-likeness (QED) is 0.648. The van der Waals surface area contributed by atoms with Crippen LogP contribution < -0.4 is 4.72 Å². The van der Waals surface area contributed by atoms with Crippen LogP contribution in [-0.2, 0) is 14.8 Å². The second kappa shape index (κ2) is 5.06. The van der Waals surface area contributed by atoms with Gasteiger partial charge in [0.1, 0.15) is 0 Å². The van der Waals surface area contributed by atoms with Crippen LogP contribution in [0.4, 0.5) is 0 Å². The first-order valence-electron chi connectivity index (χ1n) is 4.77. The van der Waals surface area contributed by atoms with Crippen molar-refractivity contribution in [2.24, 2.45) is 0 Å². The monoisotopic (exact) mass is 288 g/mol. The lowest BCUT2D eigenvalue weighted by molar-refractivity contribution is 0.0590. The number of methoxy groups -OCH3 is 1. The number of hydrogen-bond acceptors (Lipinski definition) is 6. The lowest BCUT2D eigenvalue weighted by atomic mass is 10.1. The fourth-order valence-electron chi connectivity index (χ4n) is 1.07. The summed E-state index contributed by atoms with van der Waals surface area (Å²) < 4.78 is 30.7. The van der Waals surface area contributed by atoms with E-state index in [0.29, 0.717) is 0 Å². The van der Waals surface area contributed by atoms with Gasteiger partial charge in [-0.25, -0.2) is 18.2 Å². The number of terminal acetylenes is 1. The van der Waals surface area contributed by atoms with E-state index in [1.807, 2.05) is 0 Å². The first-order chi connectivity index (χ1) is 8.23. The molecule has 0 saturated carbocycles. The summed E-state index contributed by atoms with van der Waals surface area (Å²) in [6.45, 7) is 3.06. The van der Waals surface area contributed by atoms with E-state index in [1.54, 1.807) is 0 Å². The molecule has 1 N–H and O–H groups in total. The van der Waals surface area contributed by atoms with Gasteiger partial charge in [-0.2, -0.15) is 4.72 Å². The minimum atomic E-state index is -3.91. The van der Waals surface area contributed by atoms with Crippen LogP contribution in [0.1, 0.15) is 24.3 Å². The zero-order valence-electron chi connectivity index (χ0n) is 10.1. The SMILES string of the molecule is C#CC(C)(C)NS(=O)(=O)c1scnc1C(=O)OC. The average Bonchev–Trinajstić information content (AvgIpc) is 2.76. The summed E-state index contributed by atoms with van der Waals surface area (Å²) in [6, 6.07) is 0. The summed E-state index contributed by atoms with van der Waals surface area (Å²) in [5.74, 6) is 1.49. The molecule has 0 bridgehead atoms. The third-order valence-corrected chi connectivity index (χ3v) is 4.93. The lowest BCUT2D eigenvalue weighted by Gasteiger charge is -2.18. The largest absolute Gasteiger partial charge is 0.464 e. The Bertz CT molecular complexity index is 596. The maximum atomic E-state index is 12.1. The van der Waals surface area contributed by atoms with Crippen molar-refractivity contribution in [3.8, 4) is 12.3 Å². The van der Waals surface area contributed by atoms with Crippen LogP contribution in [0.15, 0.2) is 9.72 Å². The molecule has 98 valence electrons. The van der Waals surface area contributed by atoms with Crippen LogP contribution >= 0.6 is 11.3 Å². The fraction of sp³-hybridized carbons (Fsp3) is 0.400. The molecule has 6 nitrogen and oxygen atoms in total. The highest BCUT2D eigenvalue weighted by atomic mass is 32.2. The number of aromatic nitrogens is 1. The number of esters is 1. The highest BCUT2D eigenvalue weighted by Crippen LogP contribution is 2.22. The van der Waals surface area contributed by atoms with Crippen LogP contribution in [0.5, 0.6) is 0 Å². The Balaban J connectivity index is 3.20. The molecule has 8 heteroatoms. The Morgan fingerprint density at radius 2 is 2.22 bits per heavy atom. The predicted octanol–water partition coefficient (Wildman–Crippen LogP) is 0.620. The maximum Gasteiger partial charge on any atom is 0.358 e. The predicted molar refractivity (Wildman–Crippen MR) is 66.7 cm³/mol. The van der Waals surface area contributed by atoms with Crippen molar-refractivity contribution >= 4 is 27.3 Å². The highest BCUT2D eigenvalue weighted by molar-refractivity contribution is 7.91. The number of thiazole rings is 1. The van der Waals surface area contributed by atoms with E-state index in [2.05, 4.69) is 20.4 Å². The zero-order chi connectivity index (χ0) is 14.0. The van der Waals surface area contributed by atoms with E-state index in [1.165, 1.54) is 19.4 Å². The summed E-state index contributed by atoms with van der Waals surface area (Å²) in [5.41, 5.74) is -0.0530. The van der Waals surface area contributed by atoms with E-state index in [0.717, 1.165) is 18.4 Å². The van der Waals surface area contributed by atoms with Gasteiger partial charge >= 0.3 is 5.97 Å². The molecular weight excluding hydrogens is 276 g/mol. The van der Waals surface area contributed by atoms with Gasteiger partial charge in [0.15, 0.2) is 9.90 Å². The molecule has 1 heterocycles. The maximum absolute atomic E-state index is 12.1. The molecule has 1 aromatic rings. The molecule has 0 atom stereocenters. The van der Waals surface area contributed by atoms with E-state index < -0.39 is 21.5 Å². The number of rotatable bonds is 4. The van der Waals surface area contributed by atoms with Crippen LogP contribution in [0.3, 0.4) is 0 Å². The van der Waals surface area contributed by atoms with Crippen molar-refractivity contribution in [1.29, 1.82) is 0 Å². The Kier molecular flexibility index (Phi) is 4.11. The molecule has 0 unspecified atom stereocenters. The third kappa shape index (κ3) is 3.07. The molecule has 0 spiro atoms. The van der Waals surface area contributed by atoms with Gasteiger partial charge in [0.25, 0.3) is 10.0 Å². The van der Waals surface area contributed by atoms with Gasteiger partial charge < -0.3 is 4.74 Å². The Morgan fingerprint density at radius 3 is 2.72 bits per heavy atom.